The van der Waals surface area contributed by atoms with Crippen LogP contribution in [0.15, 0.2) is 27.6 Å². The lowest BCUT2D eigenvalue weighted by atomic mass is 10.2. The van der Waals surface area contributed by atoms with Crippen molar-refractivity contribution in [1.82, 2.24) is 9.62 Å². The molecule has 1 fully saturated rings. The Labute approximate surface area is 136 Å². The third kappa shape index (κ3) is 3.33. The number of hydrogen-bond donors (Lipinski definition) is 1. The molecule has 1 N–H and O–H groups in total. The number of benzene rings is 1. The minimum atomic E-state index is -3.46. The van der Waals surface area contributed by atoms with E-state index in [0.717, 1.165) is 24.8 Å². The molecule has 0 amide bonds. The molecular formula is C15H23BrN2O2S. The Balaban J connectivity index is 2.45. The van der Waals surface area contributed by atoms with E-state index < -0.39 is 10.0 Å². The summed E-state index contributed by atoms with van der Waals surface area (Å²) in [4.78, 5) is 0.377. The molecule has 0 saturated carbocycles. The van der Waals surface area contributed by atoms with Crippen LogP contribution in [-0.4, -0.2) is 31.9 Å². The summed E-state index contributed by atoms with van der Waals surface area (Å²) in [6, 6.07) is 5.71. The molecule has 4 nitrogen and oxygen atoms in total. The summed E-state index contributed by atoms with van der Waals surface area (Å²) in [7, 11) is -1.61. The smallest absolute Gasteiger partial charge is 0.244 e. The summed E-state index contributed by atoms with van der Waals surface area (Å²) in [6.45, 7) is 4.71. The van der Waals surface area contributed by atoms with Gasteiger partial charge in [0.2, 0.25) is 10.0 Å². The van der Waals surface area contributed by atoms with Crippen molar-refractivity contribution >= 4 is 26.0 Å². The summed E-state index contributed by atoms with van der Waals surface area (Å²) in [5, 5.41) is 3.06. The molecule has 6 heteroatoms. The molecule has 0 bridgehead atoms. The highest BCUT2D eigenvalue weighted by atomic mass is 79.9. The molecule has 21 heavy (non-hydrogen) atoms. The van der Waals surface area contributed by atoms with Gasteiger partial charge in [-0.25, -0.2) is 8.42 Å². The second kappa shape index (κ2) is 6.77. The summed E-state index contributed by atoms with van der Waals surface area (Å²) in [5.74, 6) is 0. The molecule has 1 aliphatic heterocycles. The first kappa shape index (κ1) is 16.9. The Morgan fingerprint density at radius 1 is 1.38 bits per heavy atom. The normalized spacial score (nSPS) is 23.6. The van der Waals surface area contributed by atoms with Crippen molar-refractivity contribution in [2.75, 3.05) is 7.05 Å². The molecule has 1 saturated heterocycles. The Morgan fingerprint density at radius 3 is 2.71 bits per heavy atom. The molecule has 0 aliphatic carbocycles. The van der Waals surface area contributed by atoms with Crippen molar-refractivity contribution in [3.05, 3.63) is 28.2 Å². The molecule has 1 aliphatic rings. The number of nitrogens with zero attached hydrogens (tertiary/aromatic N) is 1. The van der Waals surface area contributed by atoms with Crippen LogP contribution in [0.3, 0.4) is 0 Å². The van der Waals surface area contributed by atoms with Crippen molar-refractivity contribution in [2.24, 2.45) is 0 Å². The fourth-order valence-electron chi connectivity index (χ4n) is 3.04. The lowest BCUT2D eigenvalue weighted by Gasteiger charge is -2.27. The molecule has 2 atom stereocenters. The Morgan fingerprint density at radius 2 is 2.10 bits per heavy atom. The first-order chi connectivity index (χ1) is 9.91. The highest BCUT2D eigenvalue weighted by molar-refractivity contribution is 9.10. The molecule has 0 radical (unpaired) electrons. The van der Waals surface area contributed by atoms with Crippen LogP contribution < -0.4 is 5.32 Å². The van der Waals surface area contributed by atoms with E-state index in [2.05, 4.69) is 28.2 Å². The fraction of sp³-hybridized carbons (Fsp3) is 0.600. The first-order valence-corrected chi connectivity index (χ1v) is 9.61. The monoisotopic (exact) mass is 374 g/mol. The van der Waals surface area contributed by atoms with Crippen molar-refractivity contribution in [2.45, 2.75) is 56.6 Å². The Bertz CT molecular complexity index is 604. The van der Waals surface area contributed by atoms with Crippen LogP contribution in [0.25, 0.3) is 0 Å². The van der Waals surface area contributed by atoms with Gasteiger partial charge in [-0.15, -0.1) is 0 Å². The van der Waals surface area contributed by atoms with E-state index in [9.17, 15) is 8.42 Å². The second-order valence-corrected chi connectivity index (χ2v) is 8.28. The highest BCUT2D eigenvalue weighted by Gasteiger charge is 2.39. The Hall–Kier alpha value is -0.430. The van der Waals surface area contributed by atoms with E-state index in [1.165, 1.54) is 0 Å². The van der Waals surface area contributed by atoms with Crippen LogP contribution in [0.4, 0.5) is 0 Å². The van der Waals surface area contributed by atoms with Crippen LogP contribution in [0.2, 0.25) is 0 Å². The predicted octanol–water partition coefficient (Wildman–Crippen LogP) is 3.12. The molecule has 0 aromatic heterocycles. The van der Waals surface area contributed by atoms with Gasteiger partial charge in [0.15, 0.2) is 0 Å². The topological polar surface area (TPSA) is 49.4 Å². The zero-order valence-corrected chi connectivity index (χ0v) is 15.2. The summed E-state index contributed by atoms with van der Waals surface area (Å²) < 4.78 is 28.5. The third-order valence-electron chi connectivity index (χ3n) is 4.12. The maximum Gasteiger partial charge on any atom is 0.244 e. The van der Waals surface area contributed by atoms with Crippen LogP contribution in [0.5, 0.6) is 0 Å². The lowest BCUT2D eigenvalue weighted by molar-refractivity contribution is 0.328. The average molecular weight is 375 g/mol. The second-order valence-electron chi connectivity index (χ2n) is 5.62. The predicted molar refractivity (Wildman–Crippen MR) is 88.7 cm³/mol. The molecule has 0 spiro atoms. The third-order valence-corrected chi connectivity index (χ3v) is 7.18. The van der Waals surface area contributed by atoms with Crippen LogP contribution in [0, 0.1) is 0 Å². The average Bonchev–Trinajstić information content (AvgIpc) is 2.83. The van der Waals surface area contributed by atoms with Gasteiger partial charge >= 0.3 is 0 Å². The zero-order chi connectivity index (χ0) is 15.6. The number of nitrogens with one attached hydrogen (secondary N) is 1. The number of sulfonamides is 1. The summed E-state index contributed by atoms with van der Waals surface area (Å²) >= 11 is 3.40. The molecular weight excluding hydrogens is 352 g/mol. The van der Waals surface area contributed by atoms with Gasteiger partial charge in [-0.1, -0.05) is 13.0 Å². The molecule has 1 aromatic carbocycles. The SMILES string of the molecule is CCC1CCC(C)N1S(=O)(=O)c1cc(CNC)ccc1Br. The van der Waals surface area contributed by atoms with E-state index in [0.29, 0.717) is 15.9 Å². The molecule has 2 unspecified atom stereocenters. The largest absolute Gasteiger partial charge is 0.316 e. The van der Waals surface area contributed by atoms with Crippen molar-refractivity contribution in [1.29, 1.82) is 0 Å². The van der Waals surface area contributed by atoms with Gasteiger partial charge in [0, 0.05) is 23.1 Å². The molecule has 118 valence electrons. The van der Waals surface area contributed by atoms with Crippen LogP contribution in [0.1, 0.15) is 38.7 Å². The zero-order valence-electron chi connectivity index (χ0n) is 12.8. The van der Waals surface area contributed by atoms with E-state index in [4.69, 9.17) is 0 Å². The van der Waals surface area contributed by atoms with Gasteiger partial charge in [0.05, 0.1) is 4.90 Å². The molecule has 2 rings (SSSR count). The van der Waals surface area contributed by atoms with E-state index in [1.54, 1.807) is 10.4 Å². The summed E-state index contributed by atoms with van der Waals surface area (Å²) in [5.41, 5.74) is 0.971. The van der Waals surface area contributed by atoms with Gasteiger partial charge < -0.3 is 5.32 Å². The highest BCUT2D eigenvalue weighted by Crippen LogP contribution is 2.35. The van der Waals surface area contributed by atoms with Gasteiger partial charge in [0.1, 0.15) is 0 Å². The van der Waals surface area contributed by atoms with E-state index >= 15 is 0 Å². The van der Waals surface area contributed by atoms with Crippen molar-refractivity contribution in [3.8, 4) is 0 Å². The standard InChI is InChI=1S/C15H23BrN2O2S/c1-4-13-7-5-11(2)18(13)21(19,20)15-9-12(10-17-3)6-8-14(15)16/h6,8-9,11,13,17H,4-5,7,10H2,1-3H3. The van der Waals surface area contributed by atoms with Gasteiger partial charge in [-0.3, -0.25) is 0 Å². The molecule has 1 heterocycles. The minimum Gasteiger partial charge on any atom is -0.316 e. The lowest BCUT2D eigenvalue weighted by Crippen LogP contribution is -2.39. The van der Waals surface area contributed by atoms with E-state index in [1.807, 2.05) is 26.1 Å². The quantitative estimate of drug-likeness (QED) is 0.860. The van der Waals surface area contributed by atoms with Crippen molar-refractivity contribution < 1.29 is 8.42 Å². The van der Waals surface area contributed by atoms with Gasteiger partial charge in [-0.2, -0.15) is 4.31 Å². The van der Waals surface area contributed by atoms with Gasteiger partial charge in [-0.05, 0) is 66.9 Å². The number of hydrogen-bond acceptors (Lipinski definition) is 3. The number of rotatable bonds is 5. The fourth-order valence-corrected chi connectivity index (χ4v) is 5.97. The maximum absolute atomic E-state index is 13.1. The van der Waals surface area contributed by atoms with E-state index in [-0.39, 0.29) is 12.1 Å². The van der Waals surface area contributed by atoms with Crippen molar-refractivity contribution in [3.63, 3.8) is 0 Å². The van der Waals surface area contributed by atoms with Crippen LogP contribution >= 0.6 is 15.9 Å². The Kier molecular flexibility index (Phi) is 5.46. The minimum absolute atomic E-state index is 0.0693. The summed E-state index contributed by atoms with van der Waals surface area (Å²) in [6.07, 6.45) is 2.74. The van der Waals surface area contributed by atoms with Gasteiger partial charge in [0.25, 0.3) is 0 Å². The first-order valence-electron chi connectivity index (χ1n) is 7.38. The maximum atomic E-state index is 13.1. The van der Waals surface area contributed by atoms with Crippen LogP contribution in [-0.2, 0) is 16.6 Å². The molecule has 1 aromatic rings. The number of halogens is 1.